The van der Waals surface area contributed by atoms with Crippen molar-refractivity contribution in [3.05, 3.63) is 23.8 Å². The molecule has 0 aliphatic carbocycles. The Labute approximate surface area is 108 Å². The monoisotopic (exact) mass is 254 g/mol. The van der Waals surface area contributed by atoms with E-state index in [0.717, 1.165) is 11.3 Å². The molecule has 0 aliphatic heterocycles. The number of rotatable bonds is 5. The van der Waals surface area contributed by atoms with Gasteiger partial charge in [0.1, 0.15) is 0 Å². The molecule has 0 radical (unpaired) electrons. The van der Waals surface area contributed by atoms with Gasteiger partial charge in [0, 0.05) is 36.3 Å². The van der Waals surface area contributed by atoms with Gasteiger partial charge >= 0.3 is 0 Å². The number of hydrogen-bond donors (Lipinski definition) is 2. The normalized spacial score (nSPS) is 11.6. The molecule has 96 valence electrons. The Hall–Kier alpha value is -0.710. The molecule has 17 heavy (non-hydrogen) atoms. The molecule has 0 aliphatic rings. The molecule has 3 N–H and O–H groups in total. The lowest BCUT2D eigenvalue weighted by Crippen LogP contribution is -2.36. The lowest BCUT2D eigenvalue weighted by molar-refractivity contribution is 0.0886. The van der Waals surface area contributed by atoms with E-state index >= 15 is 0 Å². The Morgan fingerprint density at radius 1 is 1.41 bits per heavy atom. The molecular weight excluding hydrogens is 232 g/mol. The first-order valence-corrected chi connectivity index (χ1v) is 6.91. The molecule has 1 aromatic rings. The van der Waals surface area contributed by atoms with Crippen LogP contribution in [0.4, 0.5) is 5.69 Å². The van der Waals surface area contributed by atoms with Gasteiger partial charge in [-0.1, -0.05) is 6.07 Å². The summed E-state index contributed by atoms with van der Waals surface area (Å²) in [5, 5.41) is 9.86. The number of nitrogens with zero attached hydrogens (tertiary/aromatic N) is 1. The largest absolute Gasteiger partial charge is 0.389 e. The molecule has 0 heterocycles. The smallest absolute Gasteiger partial charge is 0.0765 e. The van der Waals surface area contributed by atoms with Crippen molar-refractivity contribution in [2.24, 2.45) is 5.73 Å². The van der Waals surface area contributed by atoms with Crippen LogP contribution in [0.15, 0.2) is 23.1 Å². The highest BCUT2D eigenvalue weighted by molar-refractivity contribution is 7.98. The molecule has 3 nitrogen and oxygen atoms in total. The first-order chi connectivity index (χ1) is 7.89. The Balaban J connectivity index is 3.04. The van der Waals surface area contributed by atoms with Crippen LogP contribution in [0.1, 0.15) is 19.4 Å². The number of benzene rings is 1. The zero-order chi connectivity index (χ0) is 13.1. The fraction of sp³-hybridized carbons (Fsp3) is 0.538. The van der Waals surface area contributed by atoms with Crippen molar-refractivity contribution in [3.8, 4) is 0 Å². The van der Waals surface area contributed by atoms with Gasteiger partial charge in [0.15, 0.2) is 0 Å². The second kappa shape index (κ2) is 5.76. The van der Waals surface area contributed by atoms with Gasteiger partial charge in [0.05, 0.1) is 5.60 Å². The number of hydrogen-bond acceptors (Lipinski definition) is 4. The maximum atomic E-state index is 9.86. The van der Waals surface area contributed by atoms with Gasteiger partial charge in [0.25, 0.3) is 0 Å². The minimum Gasteiger partial charge on any atom is -0.389 e. The standard InChI is InChI=1S/C13H22N2OS/c1-13(2,16)9-15(3)11-6-5-7-12(17-4)10(11)8-14/h5-7,16H,8-9,14H2,1-4H3. The molecule has 0 atom stereocenters. The zero-order valence-corrected chi connectivity index (χ0v) is 11.8. The molecule has 0 spiro atoms. The highest BCUT2D eigenvalue weighted by Gasteiger charge is 2.18. The third-order valence-corrected chi connectivity index (χ3v) is 3.39. The molecule has 0 aromatic heterocycles. The van der Waals surface area contributed by atoms with Crippen molar-refractivity contribution in [1.29, 1.82) is 0 Å². The predicted molar refractivity (Wildman–Crippen MR) is 75.7 cm³/mol. The topological polar surface area (TPSA) is 49.5 Å². The van der Waals surface area contributed by atoms with Gasteiger partial charge in [0.2, 0.25) is 0 Å². The summed E-state index contributed by atoms with van der Waals surface area (Å²) in [4.78, 5) is 3.26. The molecule has 1 aromatic carbocycles. The summed E-state index contributed by atoms with van der Waals surface area (Å²) in [6, 6.07) is 6.16. The predicted octanol–water partition coefficient (Wildman–Crippen LogP) is 2.07. The SMILES string of the molecule is CSc1cccc(N(C)CC(C)(C)O)c1CN. The third-order valence-electron chi connectivity index (χ3n) is 2.57. The van der Waals surface area contributed by atoms with Crippen LogP contribution in [0, 0.1) is 0 Å². The number of aliphatic hydroxyl groups is 1. The van der Waals surface area contributed by atoms with Crippen LogP contribution in [-0.2, 0) is 6.54 Å². The van der Waals surface area contributed by atoms with E-state index in [1.54, 1.807) is 11.8 Å². The van der Waals surface area contributed by atoms with E-state index in [1.165, 1.54) is 4.90 Å². The zero-order valence-electron chi connectivity index (χ0n) is 11.0. The number of anilines is 1. The highest BCUT2D eigenvalue weighted by atomic mass is 32.2. The third kappa shape index (κ3) is 3.91. The summed E-state index contributed by atoms with van der Waals surface area (Å²) >= 11 is 1.70. The summed E-state index contributed by atoms with van der Waals surface area (Å²) in [7, 11) is 1.98. The van der Waals surface area contributed by atoms with Crippen molar-refractivity contribution >= 4 is 17.4 Å². The van der Waals surface area contributed by atoms with Crippen LogP contribution in [0.2, 0.25) is 0 Å². The first-order valence-electron chi connectivity index (χ1n) is 5.68. The van der Waals surface area contributed by atoms with Crippen LogP contribution < -0.4 is 10.6 Å². The Bertz CT molecular complexity index is 374. The van der Waals surface area contributed by atoms with Crippen LogP contribution in [0.5, 0.6) is 0 Å². The van der Waals surface area contributed by atoms with E-state index in [0.29, 0.717) is 13.1 Å². The summed E-state index contributed by atoms with van der Waals surface area (Å²) in [6.45, 7) is 4.72. The molecule has 4 heteroatoms. The summed E-state index contributed by atoms with van der Waals surface area (Å²) in [5.74, 6) is 0. The molecule has 0 fully saturated rings. The average molecular weight is 254 g/mol. The average Bonchev–Trinajstić information content (AvgIpc) is 2.25. The molecule has 0 unspecified atom stereocenters. The molecule has 1 rings (SSSR count). The second-order valence-corrected chi connectivity index (χ2v) is 5.68. The summed E-state index contributed by atoms with van der Waals surface area (Å²) in [5.41, 5.74) is 7.36. The van der Waals surface area contributed by atoms with Crippen molar-refractivity contribution in [1.82, 2.24) is 0 Å². The van der Waals surface area contributed by atoms with E-state index in [4.69, 9.17) is 5.73 Å². The van der Waals surface area contributed by atoms with Gasteiger partial charge in [-0.3, -0.25) is 0 Å². The van der Waals surface area contributed by atoms with E-state index in [9.17, 15) is 5.11 Å². The van der Waals surface area contributed by atoms with E-state index in [2.05, 4.69) is 11.0 Å². The molecular formula is C13H22N2OS. The van der Waals surface area contributed by atoms with Gasteiger partial charge < -0.3 is 15.7 Å². The minimum absolute atomic E-state index is 0.516. The summed E-state index contributed by atoms with van der Waals surface area (Å²) < 4.78 is 0. The Morgan fingerprint density at radius 3 is 2.53 bits per heavy atom. The maximum absolute atomic E-state index is 9.86. The Morgan fingerprint density at radius 2 is 2.06 bits per heavy atom. The van der Waals surface area contributed by atoms with Crippen LogP contribution in [-0.4, -0.2) is 30.6 Å². The quantitative estimate of drug-likeness (QED) is 0.790. The minimum atomic E-state index is -0.712. The lowest BCUT2D eigenvalue weighted by atomic mass is 10.1. The molecule has 0 amide bonds. The van der Waals surface area contributed by atoms with Gasteiger partial charge in [-0.05, 0) is 32.2 Å². The molecule has 0 saturated heterocycles. The van der Waals surface area contributed by atoms with E-state index in [1.807, 2.05) is 39.3 Å². The number of thioether (sulfide) groups is 1. The molecule has 0 saturated carbocycles. The van der Waals surface area contributed by atoms with Crippen molar-refractivity contribution < 1.29 is 5.11 Å². The lowest BCUT2D eigenvalue weighted by Gasteiger charge is -2.29. The van der Waals surface area contributed by atoms with Gasteiger partial charge in [-0.2, -0.15) is 0 Å². The maximum Gasteiger partial charge on any atom is 0.0765 e. The van der Waals surface area contributed by atoms with Gasteiger partial charge in [-0.15, -0.1) is 11.8 Å². The van der Waals surface area contributed by atoms with Crippen molar-refractivity contribution in [2.45, 2.75) is 30.9 Å². The van der Waals surface area contributed by atoms with Crippen LogP contribution in [0.25, 0.3) is 0 Å². The summed E-state index contributed by atoms with van der Waals surface area (Å²) in [6.07, 6.45) is 2.05. The van der Waals surface area contributed by atoms with Crippen molar-refractivity contribution in [2.75, 3.05) is 24.7 Å². The molecule has 0 bridgehead atoms. The van der Waals surface area contributed by atoms with E-state index < -0.39 is 5.60 Å². The Kier molecular flexibility index (Phi) is 4.86. The van der Waals surface area contributed by atoms with E-state index in [-0.39, 0.29) is 0 Å². The highest BCUT2D eigenvalue weighted by Crippen LogP contribution is 2.29. The second-order valence-electron chi connectivity index (χ2n) is 4.83. The van der Waals surface area contributed by atoms with Crippen LogP contribution >= 0.6 is 11.8 Å². The van der Waals surface area contributed by atoms with Gasteiger partial charge in [-0.25, -0.2) is 0 Å². The van der Waals surface area contributed by atoms with Crippen molar-refractivity contribution in [3.63, 3.8) is 0 Å². The number of likely N-dealkylation sites (N-methyl/N-ethyl adjacent to an activating group) is 1. The fourth-order valence-corrected chi connectivity index (χ4v) is 2.62. The van der Waals surface area contributed by atoms with Crippen LogP contribution in [0.3, 0.4) is 0 Å². The number of nitrogens with two attached hydrogens (primary N) is 1. The first kappa shape index (κ1) is 14.4. The fourth-order valence-electron chi connectivity index (χ4n) is 1.97.